The molecule has 1 aliphatic rings. The van der Waals surface area contributed by atoms with Crippen LogP contribution in [-0.4, -0.2) is 13.7 Å². The summed E-state index contributed by atoms with van der Waals surface area (Å²) in [5.41, 5.74) is 2.08. The van der Waals surface area contributed by atoms with Crippen LogP contribution in [0.2, 0.25) is 0 Å². The average molecular weight is 379 g/mol. The molecule has 3 aromatic rings. The maximum Gasteiger partial charge on any atom is 0.253 e. The quantitative estimate of drug-likeness (QED) is 0.670. The van der Waals surface area contributed by atoms with Gasteiger partial charge in [0.1, 0.15) is 11.5 Å². The zero-order valence-corrected chi connectivity index (χ0v) is 16.0. The van der Waals surface area contributed by atoms with Crippen LogP contribution in [0.15, 0.2) is 84.9 Å². The number of ether oxygens (including phenoxy) is 1. The molecule has 0 amide bonds. The molecule has 3 aromatic carbocycles. The molecule has 0 spiro atoms. The number of benzene rings is 3. The fourth-order valence-electron chi connectivity index (χ4n) is 3.42. The van der Waals surface area contributed by atoms with Gasteiger partial charge < -0.3 is 9.26 Å². The summed E-state index contributed by atoms with van der Waals surface area (Å²) < 4.78 is 25.4. The molecular formula is C22H22NO3P. The third-order valence-corrected chi connectivity index (χ3v) is 7.56. The Labute approximate surface area is 159 Å². The summed E-state index contributed by atoms with van der Waals surface area (Å²) >= 11 is 0. The predicted molar refractivity (Wildman–Crippen MR) is 108 cm³/mol. The number of rotatable bonds is 4. The molecule has 4 rings (SSSR count). The summed E-state index contributed by atoms with van der Waals surface area (Å²) in [4.78, 5) is 0. The lowest BCUT2D eigenvalue weighted by molar-refractivity contribution is 0.227. The Kier molecular flexibility index (Phi) is 5.13. The molecule has 0 bridgehead atoms. The van der Waals surface area contributed by atoms with Crippen LogP contribution >= 0.6 is 7.37 Å². The van der Waals surface area contributed by atoms with Gasteiger partial charge in [-0.1, -0.05) is 60.7 Å². The number of nitrogens with one attached hydrogen (secondary N) is 1. The largest absolute Gasteiger partial charge is 0.497 e. The Morgan fingerprint density at radius 1 is 0.889 bits per heavy atom. The molecule has 138 valence electrons. The summed E-state index contributed by atoms with van der Waals surface area (Å²) in [6.45, 7) is 0.358. The van der Waals surface area contributed by atoms with Gasteiger partial charge in [-0.25, -0.2) is 0 Å². The van der Waals surface area contributed by atoms with Gasteiger partial charge in [0, 0.05) is 5.30 Å². The van der Waals surface area contributed by atoms with E-state index in [1.807, 2.05) is 72.8 Å². The van der Waals surface area contributed by atoms with Crippen molar-refractivity contribution < 1.29 is 13.8 Å². The highest BCUT2D eigenvalue weighted by molar-refractivity contribution is 7.67. The minimum Gasteiger partial charge on any atom is -0.497 e. The van der Waals surface area contributed by atoms with Gasteiger partial charge in [-0.15, -0.1) is 0 Å². The molecule has 1 heterocycles. The zero-order chi connectivity index (χ0) is 18.7. The summed E-state index contributed by atoms with van der Waals surface area (Å²) in [5, 5.41) is 4.28. The van der Waals surface area contributed by atoms with Gasteiger partial charge in [-0.2, -0.15) is 0 Å². The van der Waals surface area contributed by atoms with Gasteiger partial charge in [0.05, 0.1) is 19.8 Å². The monoisotopic (exact) mass is 379 g/mol. The van der Waals surface area contributed by atoms with E-state index in [-0.39, 0.29) is 6.04 Å². The van der Waals surface area contributed by atoms with Crippen LogP contribution in [0.3, 0.4) is 0 Å². The van der Waals surface area contributed by atoms with E-state index in [0.29, 0.717) is 11.9 Å². The van der Waals surface area contributed by atoms with Crippen molar-refractivity contribution in [3.63, 3.8) is 0 Å². The third-order valence-electron chi connectivity index (χ3n) is 4.88. The van der Waals surface area contributed by atoms with E-state index < -0.39 is 13.2 Å². The minimum atomic E-state index is -3.15. The molecule has 1 saturated heterocycles. The normalized spacial score (nSPS) is 25.1. The molecule has 4 nitrogen and oxygen atoms in total. The molecule has 0 saturated carbocycles. The van der Waals surface area contributed by atoms with Gasteiger partial charge in [0.15, 0.2) is 0 Å². The van der Waals surface area contributed by atoms with Gasteiger partial charge >= 0.3 is 0 Å². The lowest BCUT2D eigenvalue weighted by Gasteiger charge is -2.38. The first-order valence-electron chi connectivity index (χ1n) is 8.95. The SMILES string of the molecule is COc1ccc(P2(=O)OC[C@@H](c3ccccc3)N[C@H]2c2ccccc2)cc1. The van der Waals surface area contributed by atoms with Crippen molar-refractivity contribution in [1.82, 2.24) is 5.32 Å². The molecule has 0 aromatic heterocycles. The minimum absolute atomic E-state index is 0.0169. The van der Waals surface area contributed by atoms with Crippen molar-refractivity contribution in [2.24, 2.45) is 0 Å². The van der Waals surface area contributed by atoms with Crippen molar-refractivity contribution in [2.75, 3.05) is 13.7 Å². The Bertz CT molecular complexity index is 929. The summed E-state index contributed by atoms with van der Waals surface area (Å²) in [6.07, 6.45) is 0. The second-order valence-corrected chi connectivity index (χ2v) is 9.02. The number of hydrogen-bond donors (Lipinski definition) is 1. The third kappa shape index (κ3) is 3.57. The smallest absolute Gasteiger partial charge is 0.253 e. The molecule has 0 aliphatic carbocycles. The molecule has 1 aliphatic heterocycles. The molecule has 5 heteroatoms. The first-order valence-corrected chi connectivity index (χ1v) is 10.6. The van der Waals surface area contributed by atoms with Crippen molar-refractivity contribution in [3.8, 4) is 5.75 Å². The van der Waals surface area contributed by atoms with Gasteiger partial charge in [0.25, 0.3) is 7.37 Å². The van der Waals surface area contributed by atoms with Crippen LogP contribution < -0.4 is 15.4 Å². The fourth-order valence-corrected chi connectivity index (χ4v) is 5.89. The highest BCUT2D eigenvalue weighted by Gasteiger charge is 2.43. The van der Waals surface area contributed by atoms with E-state index in [1.165, 1.54) is 0 Å². The lowest BCUT2D eigenvalue weighted by atomic mass is 10.1. The second kappa shape index (κ2) is 7.69. The molecule has 3 atom stereocenters. The summed E-state index contributed by atoms with van der Waals surface area (Å²) in [6, 6.07) is 27.3. The van der Waals surface area contributed by atoms with Gasteiger partial charge in [0.2, 0.25) is 0 Å². The van der Waals surface area contributed by atoms with E-state index in [0.717, 1.165) is 16.9 Å². The van der Waals surface area contributed by atoms with E-state index in [2.05, 4.69) is 17.4 Å². The second-order valence-electron chi connectivity index (χ2n) is 6.53. The van der Waals surface area contributed by atoms with Crippen LogP contribution in [0.5, 0.6) is 5.75 Å². The van der Waals surface area contributed by atoms with Crippen LogP contribution in [0.25, 0.3) is 0 Å². The first kappa shape index (κ1) is 18.0. The fraction of sp³-hybridized carbons (Fsp3) is 0.182. The molecule has 0 radical (unpaired) electrons. The molecular weight excluding hydrogens is 357 g/mol. The molecule has 1 N–H and O–H groups in total. The summed E-state index contributed by atoms with van der Waals surface area (Å²) in [7, 11) is -1.53. The number of methoxy groups -OCH3 is 1. The van der Waals surface area contributed by atoms with Gasteiger partial charge in [-0.05, 0) is 35.4 Å². The zero-order valence-electron chi connectivity index (χ0n) is 15.1. The standard InChI is InChI=1S/C22H22NO3P/c1-25-19-12-14-20(15-13-19)27(24)22(18-10-6-3-7-11-18)23-21(16-26-27)17-8-4-2-5-9-17/h2-15,21-23H,16H2,1H3/t21-,22+,27?/m0/s1. The van der Waals surface area contributed by atoms with Crippen molar-refractivity contribution >= 4 is 12.7 Å². The van der Waals surface area contributed by atoms with Crippen LogP contribution in [0, 0.1) is 0 Å². The Hall–Kier alpha value is -2.39. The van der Waals surface area contributed by atoms with Crippen molar-refractivity contribution in [1.29, 1.82) is 0 Å². The Morgan fingerprint density at radius 2 is 1.48 bits per heavy atom. The Morgan fingerprint density at radius 3 is 2.07 bits per heavy atom. The maximum atomic E-state index is 14.0. The van der Waals surface area contributed by atoms with E-state index >= 15 is 0 Å². The topological polar surface area (TPSA) is 47.6 Å². The van der Waals surface area contributed by atoms with Crippen LogP contribution in [0.1, 0.15) is 23.0 Å². The number of hydrogen-bond acceptors (Lipinski definition) is 4. The van der Waals surface area contributed by atoms with Crippen LogP contribution in [-0.2, 0) is 9.09 Å². The van der Waals surface area contributed by atoms with E-state index in [4.69, 9.17) is 9.26 Å². The first-order chi connectivity index (χ1) is 13.2. The van der Waals surface area contributed by atoms with Crippen molar-refractivity contribution in [2.45, 2.75) is 11.8 Å². The summed E-state index contributed by atoms with van der Waals surface area (Å²) in [5.74, 6) is 0.319. The maximum absolute atomic E-state index is 14.0. The lowest BCUT2D eigenvalue weighted by Crippen LogP contribution is -2.37. The van der Waals surface area contributed by atoms with E-state index in [1.54, 1.807) is 7.11 Å². The van der Waals surface area contributed by atoms with Crippen molar-refractivity contribution in [3.05, 3.63) is 96.1 Å². The highest BCUT2D eigenvalue weighted by Crippen LogP contribution is 2.61. The molecule has 1 fully saturated rings. The highest BCUT2D eigenvalue weighted by atomic mass is 31.2. The van der Waals surface area contributed by atoms with E-state index in [9.17, 15) is 4.57 Å². The predicted octanol–water partition coefficient (Wildman–Crippen LogP) is 4.66. The molecule has 1 unspecified atom stereocenters. The van der Waals surface area contributed by atoms with Gasteiger partial charge in [-0.3, -0.25) is 9.88 Å². The average Bonchev–Trinajstić information content (AvgIpc) is 2.75. The van der Waals surface area contributed by atoms with Crippen LogP contribution in [0.4, 0.5) is 0 Å². The Balaban J connectivity index is 1.73. The molecule has 27 heavy (non-hydrogen) atoms.